The zero-order chi connectivity index (χ0) is 13.8. The first-order valence-electron chi connectivity index (χ1n) is 6.61. The van der Waals surface area contributed by atoms with E-state index in [0.717, 1.165) is 36.9 Å². The minimum absolute atomic E-state index is 0. The highest BCUT2D eigenvalue weighted by Gasteiger charge is 2.24. The average Bonchev–Trinajstić information content (AvgIpc) is 2.46. The third-order valence-corrected chi connectivity index (χ3v) is 3.81. The number of rotatable bonds is 3. The van der Waals surface area contributed by atoms with Gasteiger partial charge in [-0.3, -0.25) is 4.79 Å². The van der Waals surface area contributed by atoms with Gasteiger partial charge in [0.25, 0.3) is 0 Å². The van der Waals surface area contributed by atoms with Crippen LogP contribution in [0.3, 0.4) is 0 Å². The van der Waals surface area contributed by atoms with Crippen molar-refractivity contribution in [1.82, 2.24) is 4.90 Å². The van der Waals surface area contributed by atoms with Crippen LogP contribution < -0.4 is 10.6 Å². The van der Waals surface area contributed by atoms with E-state index in [9.17, 15) is 4.79 Å². The van der Waals surface area contributed by atoms with Crippen LogP contribution >= 0.6 is 36.4 Å². The molecular weight excluding hydrogens is 333 g/mol. The Hall–Kier alpha value is -0.680. The van der Waals surface area contributed by atoms with Gasteiger partial charge in [0.15, 0.2) is 0 Å². The molecule has 0 bridgehead atoms. The Kier molecular flexibility index (Phi) is 9.06. The Morgan fingerprint density at radius 2 is 1.71 bits per heavy atom. The van der Waals surface area contributed by atoms with Gasteiger partial charge in [0.2, 0.25) is 5.91 Å². The summed E-state index contributed by atoms with van der Waals surface area (Å²) in [6.07, 6.45) is 0. The molecule has 1 atom stereocenters. The minimum Gasteiger partial charge on any atom is -0.368 e. The molecule has 120 valence electrons. The number of benzene rings is 1. The van der Waals surface area contributed by atoms with Crippen LogP contribution in [0.2, 0.25) is 5.02 Å². The van der Waals surface area contributed by atoms with Crippen LogP contribution in [0.15, 0.2) is 24.3 Å². The monoisotopic (exact) mass is 353 g/mol. The van der Waals surface area contributed by atoms with Crippen LogP contribution in [0.5, 0.6) is 0 Å². The van der Waals surface area contributed by atoms with E-state index in [2.05, 4.69) is 4.90 Å². The van der Waals surface area contributed by atoms with Crippen molar-refractivity contribution in [2.24, 2.45) is 11.7 Å². The van der Waals surface area contributed by atoms with Crippen molar-refractivity contribution in [2.75, 3.05) is 37.6 Å². The largest absolute Gasteiger partial charge is 0.368 e. The summed E-state index contributed by atoms with van der Waals surface area (Å²) in [4.78, 5) is 16.2. The van der Waals surface area contributed by atoms with Crippen LogP contribution in [0.25, 0.3) is 0 Å². The normalized spacial score (nSPS) is 15.8. The van der Waals surface area contributed by atoms with Gasteiger partial charge in [0.1, 0.15) is 0 Å². The van der Waals surface area contributed by atoms with Crippen molar-refractivity contribution in [1.29, 1.82) is 0 Å². The number of anilines is 1. The predicted octanol–water partition coefficient (Wildman–Crippen LogP) is 2.43. The summed E-state index contributed by atoms with van der Waals surface area (Å²) < 4.78 is 0. The molecule has 0 saturated carbocycles. The highest BCUT2D eigenvalue weighted by atomic mass is 35.5. The quantitative estimate of drug-likeness (QED) is 0.907. The zero-order valence-corrected chi connectivity index (χ0v) is 14.4. The lowest BCUT2D eigenvalue weighted by atomic mass is 10.1. The van der Waals surface area contributed by atoms with E-state index in [1.807, 2.05) is 36.1 Å². The molecule has 1 unspecified atom stereocenters. The molecule has 7 heteroatoms. The molecule has 0 spiro atoms. The summed E-state index contributed by atoms with van der Waals surface area (Å²) in [6.45, 7) is 5.51. The number of piperazine rings is 1. The fourth-order valence-electron chi connectivity index (χ4n) is 2.25. The standard InChI is InChI=1S/C14H20ClN3O.2ClH/c1-11(10-16)14(19)18-8-6-17(7-9-18)13-4-2-12(15)3-5-13;;/h2-5,11H,6-10,16H2,1H3;2*1H. The molecular formula is C14H22Cl3N3O. The first-order chi connectivity index (χ1) is 9.11. The average molecular weight is 355 g/mol. The van der Waals surface area contributed by atoms with Gasteiger partial charge < -0.3 is 15.5 Å². The highest BCUT2D eigenvalue weighted by Crippen LogP contribution is 2.19. The lowest BCUT2D eigenvalue weighted by molar-refractivity contribution is -0.134. The predicted molar refractivity (Wildman–Crippen MR) is 93.0 cm³/mol. The highest BCUT2D eigenvalue weighted by molar-refractivity contribution is 6.30. The van der Waals surface area contributed by atoms with Gasteiger partial charge in [-0.1, -0.05) is 18.5 Å². The molecule has 2 N–H and O–H groups in total. The van der Waals surface area contributed by atoms with Gasteiger partial charge >= 0.3 is 0 Å². The smallest absolute Gasteiger partial charge is 0.226 e. The number of nitrogens with zero attached hydrogens (tertiary/aromatic N) is 2. The molecule has 0 aromatic heterocycles. The Morgan fingerprint density at radius 1 is 1.19 bits per heavy atom. The second kappa shape index (κ2) is 9.36. The number of hydrogen-bond donors (Lipinski definition) is 1. The summed E-state index contributed by atoms with van der Waals surface area (Å²) >= 11 is 5.88. The molecule has 4 nitrogen and oxygen atoms in total. The Labute approximate surface area is 143 Å². The van der Waals surface area contributed by atoms with E-state index in [-0.39, 0.29) is 36.6 Å². The van der Waals surface area contributed by atoms with Crippen LogP contribution in [0, 0.1) is 5.92 Å². The Balaban J connectivity index is 0.00000200. The number of halogens is 3. The molecule has 1 amide bonds. The van der Waals surface area contributed by atoms with E-state index in [0.29, 0.717) is 6.54 Å². The van der Waals surface area contributed by atoms with Gasteiger partial charge in [0, 0.05) is 49.4 Å². The van der Waals surface area contributed by atoms with Crippen molar-refractivity contribution >= 4 is 48.0 Å². The molecule has 1 aliphatic heterocycles. The lowest BCUT2D eigenvalue weighted by Crippen LogP contribution is -2.50. The van der Waals surface area contributed by atoms with Crippen LogP contribution in [0.1, 0.15) is 6.92 Å². The summed E-state index contributed by atoms with van der Waals surface area (Å²) in [5.41, 5.74) is 6.70. The van der Waals surface area contributed by atoms with Gasteiger partial charge in [-0.25, -0.2) is 0 Å². The third-order valence-electron chi connectivity index (χ3n) is 3.56. The third kappa shape index (κ3) is 5.22. The Bertz CT molecular complexity index is 434. The first kappa shape index (κ1) is 20.3. The van der Waals surface area contributed by atoms with Gasteiger partial charge in [-0.05, 0) is 24.3 Å². The van der Waals surface area contributed by atoms with E-state index in [1.54, 1.807) is 0 Å². The number of carbonyl (C=O) groups excluding carboxylic acids is 1. The molecule has 1 saturated heterocycles. The fraction of sp³-hybridized carbons (Fsp3) is 0.500. The number of amides is 1. The maximum absolute atomic E-state index is 12.0. The number of hydrogen-bond acceptors (Lipinski definition) is 3. The summed E-state index contributed by atoms with van der Waals surface area (Å²) in [6, 6.07) is 7.82. The van der Waals surface area contributed by atoms with Crippen LogP contribution in [0.4, 0.5) is 5.69 Å². The van der Waals surface area contributed by atoms with Gasteiger partial charge in [-0.15, -0.1) is 24.8 Å². The minimum atomic E-state index is -0.0814. The van der Waals surface area contributed by atoms with Crippen molar-refractivity contribution in [3.63, 3.8) is 0 Å². The van der Waals surface area contributed by atoms with Crippen molar-refractivity contribution in [3.05, 3.63) is 29.3 Å². The molecule has 0 radical (unpaired) electrons. The molecule has 0 aliphatic carbocycles. The number of carbonyl (C=O) groups is 1. The second-order valence-corrected chi connectivity index (χ2v) is 5.36. The van der Waals surface area contributed by atoms with E-state index >= 15 is 0 Å². The van der Waals surface area contributed by atoms with Crippen molar-refractivity contribution < 1.29 is 4.79 Å². The SMILES string of the molecule is CC(CN)C(=O)N1CCN(c2ccc(Cl)cc2)CC1.Cl.Cl. The first-order valence-corrected chi connectivity index (χ1v) is 6.99. The summed E-state index contributed by atoms with van der Waals surface area (Å²) in [5.74, 6) is 0.0836. The molecule has 1 aromatic carbocycles. The van der Waals surface area contributed by atoms with Gasteiger partial charge in [0.05, 0.1) is 0 Å². The fourth-order valence-corrected chi connectivity index (χ4v) is 2.38. The van der Waals surface area contributed by atoms with Crippen LogP contribution in [-0.2, 0) is 4.79 Å². The van der Waals surface area contributed by atoms with E-state index < -0.39 is 0 Å². The second-order valence-electron chi connectivity index (χ2n) is 4.93. The molecule has 21 heavy (non-hydrogen) atoms. The molecule has 1 fully saturated rings. The van der Waals surface area contributed by atoms with Crippen LogP contribution in [-0.4, -0.2) is 43.5 Å². The maximum Gasteiger partial charge on any atom is 0.226 e. The summed E-state index contributed by atoms with van der Waals surface area (Å²) in [5, 5.41) is 0.745. The van der Waals surface area contributed by atoms with Crippen molar-refractivity contribution in [3.8, 4) is 0 Å². The molecule has 1 heterocycles. The van der Waals surface area contributed by atoms with E-state index in [1.165, 1.54) is 0 Å². The molecule has 1 aromatic rings. The topological polar surface area (TPSA) is 49.6 Å². The maximum atomic E-state index is 12.0. The molecule has 2 rings (SSSR count). The Morgan fingerprint density at radius 3 is 2.19 bits per heavy atom. The molecule has 1 aliphatic rings. The zero-order valence-electron chi connectivity index (χ0n) is 12.0. The number of nitrogens with two attached hydrogens (primary N) is 1. The lowest BCUT2D eigenvalue weighted by Gasteiger charge is -2.37. The van der Waals surface area contributed by atoms with E-state index in [4.69, 9.17) is 17.3 Å². The van der Waals surface area contributed by atoms with Crippen molar-refractivity contribution in [2.45, 2.75) is 6.92 Å². The van der Waals surface area contributed by atoms with Gasteiger partial charge in [-0.2, -0.15) is 0 Å². The summed E-state index contributed by atoms with van der Waals surface area (Å²) in [7, 11) is 0.